The first kappa shape index (κ1) is 12.1. The Hall–Kier alpha value is -1.94. The minimum absolute atomic E-state index is 0.267. The molecule has 94 valence electrons. The molecule has 1 aromatic heterocycles. The average Bonchev–Trinajstić information content (AvgIpc) is 2.88. The average molecular weight is 317 g/mol. The second-order valence-corrected chi connectivity index (χ2v) is 5.08. The highest BCUT2D eigenvalue weighted by molar-refractivity contribution is 9.10. The quantitative estimate of drug-likeness (QED) is 0.683. The molecule has 2 aromatic carbocycles. The lowest BCUT2D eigenvalue weighted by molar-refractivity contribution is 0.625. The van der Waals surface area contributed by atoms with E-state index in [2.05, 4.69) is 21.0 Å². The fourth-order valence-corrected chi connectivity index (χ4v) is 2.30. The lowest BCUT2D eigenvalue weighted by atomic mass is 10.1. The summed E-state index contributed by atoms with van der Waals surface area (Å²) >= 11 is 3.44. The van der Waals surface area contributed by atoms with E-state index in [4.69, 9.17) is 0 Å². The lowest BCUT2D eigenvalue weighted by Crippen LogP contribution is -1.94. The van der Waals surface area contributed by atoms with Gasteiger partial charge in [-0.3, -0.25) is 0 Å². The highest BCUT2D eigenvalue weighted by Crippen LogP contribution is 2.23. The van der Waals surface area contributed by atoms with Gasteiger partial charge in [-0.15, -0.1) is 0 Å². The third kappa shape index (κ3) is 2.58. The third-order valence-electron chi connectivity index (χ3n) is 2.81. The molecule has 4 heteroatoms. The summed E-state index contributed by atoms with van der Waals surface area (Å²) in [6, 6.07) is 14.3. The van der Waals surface area contributed by atoms with Crippen molar-refractivity contribution in [1.82, 2.24) is 9.78 Å². The van der Waals surface area contributed by atoms with Gasteiger partial charge in [0.05, 0.1) is 11.9 Å². The Kier molecular flexibility index (Phi) is 3.17. The molecule has 19 heavy (non-hydrogen) atoms. The maximum absolute atomic E-state index is 13.2. The van der Waals surface area contributed by atoms with Gasteiger partial charge in [0.15, 0.2) is 0 Å². The number of halogens is 2. The van der Waals surface area contributed by atoms with E-state index in [9.17, 15) is 4.39 Å². The molecule has 0 aliphatic carbocycles. The molecule has 0 fully saturated rings. The first-order valence-electron chi connectivity index (χ1n) is 5.79. The number of hydrogen-bond acceptors (Lipinski definition) is 1. The molecule has 0 atom stereocenters. The highest BCUT2D eigenvalue weighted by Gasteiger charge is 2.04. The summed E-state index contributed by atoms with van der Waals surface area (Å²) in [7, 11) is 0. The number of rotatable bonds is 2. The zero-order valence-electron chi connectivity index (χ0n) is 9.92. The third-order valence-corrected chi connectivity index (χ3v) is 3.31. The van der Waals surface area contributed by atoms with Crippen LogP contribution in [0, 0.1) is 5.82 Å². The van der Waals surface area contributed by atoms with E-state index in [-0.39, 0.29) is 5.82 Å². The van der Waals surface area contributed by atoms with Gasteiger partial charge in [0.1, 0.15) is 5.82 Å². The van der Waals surface area contributed by atoms with Crippen molar-refractivity contribution in [3.05, 3.63) is 71.2 Å². The zero-order valence-corrected chi connectivity index (χ0v) is 11.5. The first-order valence-corrected chi connectivity index (χ1v) is 6.58. The molecule has 0 saturated carbocycles. The van der Waals surface area contributed by atoms with Gasteiger partial charge < -0.3 is 0 Å². The largest absolute Gasteiger partial charge is 0.240 e. The van der Waals surface area contributed by atoms with Crippen LogP contribution >= 0.6 is 15.9 Å². The topological polar surface area (TPSA) is 17.8 Å². The predicted molar refractivity (Wildman–Crippen MR) is 76.7 cm³/mol. The minimum Gasteiger partial charge on any atom is -0.240 e. The molecule has 0 saturated heterocycles. The van der Waals surface area contributed by atoms with Gasteiger partial charge >= 0.3 is 0 Å². The van der Waals surface area contributed by atoms with Crippen LogP contribution in [0.1, 0.15) is 0 Å². The van der Waals surface area contributed by atoms with Gasteiger partial charge in [-0.25, -0.2) is 9.07 Å². The van der Waals surface area contributed by atoms with Crippen LogP contribution in [0.15, 0.2) is 65.4 Å². The highest BCUT2D eigenvalue weighted by atomic mass is 79.9. The van der Waals surface area contributed by atoms with E-state index in [1.54, 1.807) is 16.9 Å². The first-order chi connectivity index (χ1) is 9.22. The van der Waals surface area contributed by atoms with Crippen LogP contribution in [0.4, 0.5) is 4.39 Å². The summed E-state index contributed by atoms with van der Waals surface area (Å²) < 4.78 is 15.9. The minimum atomic E-state index is -0.267. The van der Waals surface area contributed by atoms with Crippen LogP contribution in [0.25, 0.3) is 16.8 Å². The normalized spacial score (nSPS) is 10.6. The SMILES string of the molecule is Fc1cccc(-n2cc(-c3cccc(Br)c3)cn2)c1. The van der Waals surface area contributed by atoms with Gasteiger partial charge in [0, 0.05) is 16.2 Å². The monoisotopic (exact) mass is 316 g/mol. The van der Waals surface area contributed by atoms with Crippen LogP contribution in [-0.4, -0.2) is 9.78 Å². The number of aromatic nitrogens is 2. The second kappa shape index (κ2) is 4.97. The van der Waals surface area contributed by atoms with Crippen molar-refractivity contribution < 1.29 is 4.39 Å². The van der Waals surface area contributed by atoms with Gasteiger partial charge in [-0.05, 0) is 35.9 Å². The molecular formula is C15H10BrFN2. The van der Waals surface area contributed by atoms with Crippen LogP contribution in [0.5, 0.6) is 0 Å². The Morgan fingerprint density at radius 2 is 1.84 bits per heavy atom. The van der Waals surface area contributed by atoms with Crippen LogP contribution < -0.4 is 0 Å². The fourth-order valence-electron chi connectivity index (χ4n) is 1.90. The maximum Gasteiger partial charge on any atom is 0.125 e. The molecule has 3 aromatic rings. The Balaban J connectivity index is 2.00. The van der Waals surface area contributed by atoms with Gasteiger partial charge in [-0.2, -0.15) is 5.10 Å². The smallest absolute Gasteiger partial charge is 0.125 e. The Bertz CT molecular complexity index is 661. The van der Waals surface area contributed by atoms with E-state index in [1.807, 2.05) is 36.5 Å². The van der Waals surface area contributed by atoms with Crippen molar-refractivity contribution in [2.45, 2.75) is 0 Å². The van der Waals surface area contributed by atoms with Crippen LogP contribution in [-0.2, 0) is 0 Å². The molecule has 0 unspecified atom stereocenters. The lowest BCUT2D eigenvalue weighted by Gasteiger charge is -2.00. The molecule has 1 heterocycles. The van der Waals surface area contributed by atoms with Crippen molar-refractivity contribution >= 4 is 15.9 Å². The van der Waals surface area contributed by atoms with E-state index in [1.165, 1.54) is 12.1 Å². The van der Waals surface area contributed by atoms with Gasteiger partial charge in [0.25, 0.3) is 0 Å². The molecule has 0 radical (unpaired) electrons. The molecule has 0 aliphatic rings. The van der Waals surface area contributed by atoms with Crippen molar-refractivity contribution in [3.63, 3.8) is 0 Å². The van der Waals surface area contributed by atoms with Gasteiger partial charge in [0.2, 0.25) is 0 Å². The number of nitrogens with zero attached hydrogens (tertiary/aromatic N) is 2. The maximum atomic E-state index is 13.2. The zero-order chi connectivity index (χ0) is 13.2. The summed E-state index contributed by atoms with van der Waals surface area (Å²) in [5, 5.41) is 4.27. The standard InChI is InChI=1S/C15H10BrFN2/c16-13-4-1-3-11(7-13)12-9-18-19(10-12)15-6-2-5-14(17)8-15/h1-10H. The molecule has 0 N–H and O–H groups in total. The van der Waals surface area contributed by atoms with Crippen LogP contribution in [0.3, 0.4) is 0 Å². The molecule has 3 rings (SSSR count). The van der Waals surface area contributed by atoms with Crippen molar-refractivity contribution in [1.29, 1.82) is 0 Å². The van der Waals surface area contributed by atoms with Crippen LogP contribution in [0.2, 0.25) is 0 Å². The molecule has 0 bridgehead atoms. The molecule has 2 nitrogen and oxygen atoms in total. The number of hydrogen-bond donors (Lipinski definition) is 0. The predicted octanol–water partition coefficient (Wildman–Crippen LogP) is 4.44. The summed E-state index contributed by atoms with van der Waals surface area (Å²) in [5.74, 6) is -0.267. The second-order valence-electron chi connectivity index (χ2n) is 4.16. The van der Waals surface area contributed by atoms with E-state index < -0.39 is 0 Å². The molecular weight excluding hydrogens is 307 g/mol. The Labute approximate surface area is 118 Å². The Morgan fingerprint density at radius 1 is 1.00 bits per heavy atom. The molecule has 0 amide bonds. The van der Waals surface area contributed by atoms with E-state index in [0.717, 1.165) is 15.6 Å². The molecule has 0 spiro atoms. The summed E-state index contributed by atoms with van der Waals surface area (Å²) in [6.45, 7) is 0. The van der Waals surface area contributed by atoms with E-state index in [0.29, 0.717) is 5.69 Å². The van der Waals surface area contributed by atoms with Gasteiger partial charge in [-0.1, -0.05) is 34.1 Å². The number of benzene rings is 2. The Morgan fingerprint density at radius 3 is 2.63 bits per heavy atom. The van der Waals surface area contributed by atoms with E-state index >= 15 is 0 Å². The van der Waals surface area contributed by atoms with Crippen molar-refractivity contribution in [3.8, 4) is 16.8 Å². The molecule has 0 aliphatic heterocycles. The fraction of sp³-hybridized carbons (Fsp3) is 0. The summed E-state index contributed by atoms with van der Waals surface area (Å²) in [6.07, 6.45) is 3.66. The summed E-state index contributed by atoms with van der Waals surface area (Å²) in [5.41, 5.74) is 2.77. The van der Waals surface area contributed by atoms with Crippen molar-refractivity contribution in [2.24, 2.45) is 0 Å². The summed E-state index contributed by atoms with van der Waals surface area (Å²) in [4.78, 5) is 0. The van der Waals surface area contributed by atoms with Crippen molar-refractivity contribution in [2.75, 3.05) is 0 Å².